The number of alkyl halides is 3. The van der Waals surface area contributed by atoms with E-state index in [9.17, 15) is 13.2 Å². The predicted octanol–water partition coefficient (Wildman–Crippen LogP) is 2.57. The summed E-state index contributed by atoms with van der Waals surface area (Å²) in [6, 6.07) is 0.0872. The zero-order chi connectivity index (χ0) is 14.2. The van der Waals surface area contributed by atoms with E-state index in [1.807, 2.05) is 7.05 Å². The van der Waals surface area contributed by atoms with Crippen LogP contribution in [0.1, 0.15) is 31.2 Å². The van der Waals surface area contributed by atoms with E-state index in [1.165, 1.54) is 0 Å². The van der Waals surface area contributed by atoms with Crippen LogP contribution >= 0.6 is 0 Å². The van der Waals surface area contributed by atoms with E-state index in [0.29, 0.717) is 13.1 Å². The molecule has 1 fully saturated rings. The second kappa shape index (κ2) is 5.03. The first kappa shape index (κ1) is 14.2. The fourth-order valence-corrected chi connectivity index (χ4v) is 2.05. The first-order valence-electron chi connectivity index (χ1n) is 6.30. The van der Waals surface area contributed by atoms with Gasteiger partial charge in [0.05, 0.1) is 0 Å². The second-order valence-corrected chi connectivity index (χ2v) is 5.15. The van der Waals surface area contributed by atoms with Crippen molar-refractivity contribution in [3.8, 4) is 0 Å². The van der Waals surface area contributed by atoms with Crippen LogP contribution in [0.3, 0.4) is 0 Å². The van der Waals surface area contributed by atoms with Crippen LogP contribution < -0.4 is 4.90 Å². The largest absolute Gasteiger partial charge is 0.436 e. The van der Waals surface area contributed by atoms with E-state index in [1.54, 1.807) is 18.7 Å². The van der Waals surface area contributed by atoms with Crippen LogP contribution in [0.15, 0.2) is 4.42 Å². The summed E-state index contributed by atoms with van der Waals surface area (Å²) >= 11 is 0. The van der Waals surface area contributed by atoms with Gasteiger partial charge in [0.15, 0.2) is 5.69 Å². The Labute approximate surface area is 110 Å². The molecule has 4 nitrogen and oxygen atoms in total. The minimum Gasteiger partial charge on any atom is -0.428 e. The van der Waals surface area contributed by atoms with Gasteiger partial charge in [-0.15, -0.1) is 0 Å². The minimum atomic E-state index is -4.46. The lowest BCUT2D eigenvalue weighted by Gasteiger charge is -2.31. The number of oxazole rings is 1. The second-order valence-electron chi connectivity index (χ2n) is 5.15. The molecule has 0 saturated carbocycles. The Morgan fingerprint density at radius 3 is 2.16 bits per heavy atom. The standard InChI is InChI=1S/C12H18F3N3O/c1-8(2)9-10(12(13,14)15)16-11(19-9)18-6-4-17(3)5-7-18/h8H,4-7H2,1-3H3. The zero-order valence-corrected chi connectivity index (χ0v) is 11.3. The quantitative estimate of drug-likeness (QED) is 0.831. The molecule has 1 aliphatic rings. The van der Waals surface area contributed by atoms with Gasteiger partial charge in [0, 0.05) is 32.1 Å². The van der Waals surface area contributed by atoms with Crippen molar-refractivity contribution < 1.29 is 17.6 Å². The molecule has 1 saturated heterocycles. The highest BCUT2D eigenvalue weighted by molar-refractivity contribution is 5.33. The highest BCUT2D eigenvalue weighted by atomic mass is 19.4. The molecule has 0 atom stereocenters. The van der Waals surface area contributed by atoms with Gasteiger partial charge in [0.1, 0.15) is 5.76 Å². The van der Waals surface area contributed by atoms with Crippen molar-refractivity contribution in [3.05, 3.63) is 11.5 Å². The Morgan fingerprint density at radius 2 is 1.74 bits per heavy atom. The molecule has 2 heterocycles. The molecule has 0 N–H and O–H groups in total. The lowest BCUT2D eigenvalue weighted by atomic mass is 10.1. The van der Waals surface area contributed by atoms with E-state index in [-0.39, 0.29) is 17.7 Å². The van der Waals surface area contributed by atoms with Gasteiger partial charge >= 0.3 is 6.18 Å². The number of piperazine rings is 1. The monoisotopic (exact) mass is 277 g/mol. The highest BCUT2D eigenvalue weighted by Crippen LogP contribution is 2.37. The SMILES string of the molecule is CC(C)c1oc(N2CCN(C)CC2)nc1C(F)(F)F. The van der Waals surface area contributed by atoms with E-state index >= 15 is 0 Å². The molecule has 7 heteroatoms. The molecule has 0 unspecified atom stereocenters. The summed E-state index contributed by atoms with van der Waals surface area (Å²) < 4.78 is 44.1. The predicted molar refractivity (Wildman–Crippen MR) is 65.3 cm³/mol. The number of nitrogens with zero attached hydrogens (tertiary/aromatic N) is 3. The fraction of sp³-hybridized carbons (Fsp3) is 0.750. The van der Waals surface area contributed by atoms with E-state index < -0.39 is 11.9 Å². The number of rotatable bonds is 2. The van der Waals surface area contributed by atoms with Crippen LogP contribution in [0.2, 0.25) is 0 Å². The highest BCUT2D eigenvalue weighted by Gasteiger charge is 2.40. The summed E-state index contributed by atoms with van der Waals surface area (Å²) in [4.78, 5) is 7.55. The summed E-state index contributed by atoms with van der Waals surface area (Å²) in [6.45, 7) is 6.19. The van der Waals surface area contributed by atoms with Crippen LogP contribution in [0.5, 0.6) is 0 Å². The van der Waals surface area contributed by atoms with Gasteiger partial charge in [-0.25, -0.2) is 0 Å². The maximum Gasteiger partial charge on any atom is 0.436 e. The van der Waals surface area contributed by atoms with Gasteiger partial charge in [-0.2, -0.15) is 18.2 Å². The topological polar surface area (TPSA) is 32.5 Å². The minimum absolute atomic E-state index is 0.0820. The third kappa shape index (κ3) is 3.02. The number of aromatic nitrogens is 1. The van der Waals surface area contributed by atoms with Gasteiger partial charge in [-0.1, -0.05) is 13.8 Å². The maximum atomic E-state index is 12.9. The Bertz CT molecular complexity index is 434. The maximum absolute atomic E-state index is 12.9. The molecule has 19 heavy (non-hydrogen) atoms. The van der Waals surface area contributed by atoms with Crippen LogP contribution in [-0.4, -0.2) is 43.1 Å². The van der Waals surface area contributed by atoms with Gasteiger partial charge in [-0.3, -0.25) is 0 Å². The average Bonchev–Trinajstić information content (AvgIpc) is 2.74. The van der Waals surface area contributed by atoms with E-state index in [4.69, 9.17) is 4.42 Å². The molecular formula is C12H18F3N3O. The molecule has 0 radical (unpaired) electrons. The number of likely N-dealkylation sites (N-methyl/N-ethyl adjacent to an activating group) is 1. The van der Waals surface area contributed by atoms with Crippen molar-refractivity contribution in [2.24, 2.45) is 0 Å². The van der Waals surface area contributed by atoms with Crippen LogP contribution in [0.4, 0.5) is 19.2 Å². The number of hydrogen-bond donors (Lipinski definition) is 0. The molecule has 0 aliphatic carbocycles. The first-order valence-corrected chi connectivity index (χ1v) is 6.30. The van der Waals surface area contributed by atoms with E-state index in [2.05, 4.69) is 9.88 Å². The lowest BCUT2D eigenvalue weighted by molar-refractivity contribution is -0.142. The summed E-state index contributed by atoms with van der Waals surface area (Å²) in [5.74, 6) is -0.424. The van der Waals surface area contributed by atoms with Crippen molar-refractivity contribution in [2.45, 2.75) is 25.9 Å². The third-order valence-electron chi connectivity index (χ3n) is 3.21. The molecule has 0 amide bonds. The summed E-state index contributed by atoms with van der Waals surface area (Å²) in [6.07, 6.45) is -4.46. The van der Waals surface area contributed by atoms with Gasteiger partial charge < -0.3 is 14.2 Å². The Balaban J connectivity index is 2.28. The first-order chi connectivity index (χ1) is 8.79. The Hall–Kier alpha value is -1.24. The van der Waals surface area contributed by atoms with Crippen molar-refractivity contribution in [1.82, 2.24) is 9.88 Å². The van der Waals surface area contributed by atoms with Crippen LogP contribution in [-0.2, 0) is 6.18 Å². The molecular weight excluding hydrogens is 259 g/mol. The van der Waals surface area contributed by atoms with Crippen molar-refractivity contribution in [2.75, 3.05) is 38.1 Å². The summed E-state index contributed by atoms with van der Waals surface area (Å²) in [7, 11) is 1.98. The van der Waals surface area contributed by atoms with E-state index in [0.717, 1.165) is 13.1 Å². The summed E-state index contributed by atoms with van der Waals surface area (Å²) in [5.41, 5.74) is -0.892. The van der Waals surface area contributed by atoms with Crippen molar-refractivity contribution in [1.29, 1.82) is 0 Å². The Morgan fingerprint density at radius 1 is 1.16 bits per heavy atom. The van der Waals surface area contributed by atoms with Gasteiger partial charge in [-0.05, 0) is 7.05 Å². The lowest BCUT2D eigenvalue weighted by Crippen LogP contribution is -2.44. The van der Waals surface area contributed by atoms with Gasteiger partial charge in [0.2, 0.25) is 0 Å². The zero-order valence-electron chi connectivity index (χ0n) is 11.3. The smallest absolute Gasteiger partial charge is 0.428 e. The van der Waals surface area contributed by atoms with Crippen LogP contribution in [0.25, 0.3) is 0 Å². The molecule has 2 rings (SSSR count). The number of halogens is 3. The fourth-order valence-electron chi connectivity index (χ4n) is 2.05. The molecule has 0 spiro atoms. The molecule has 1 aliphatic heterocycles. The average molecular weight is 277 g/mol. The molecule has 1 aromatic rings. The molecule has 1 aromatic heterocycles. The normalized spacial score (nSPS) is 18.4. The number of hydrogen-bond acceptors (Lipinski definition) is 4. The van der Waals surface area contributed by atoms with Crippen molar-refractivity contribution in [3.63, 3.8) is 0 Å². The molecule has 108 valence electrons. The summed E-state index contributed by atoms with van der Waals surface area (Å²) in [5, 5.41) is 0. The Kier molecular flexibility index (Phi) is 3.75. The van der Waals surface area contributed by atoms with Gasteiger partial charge in [0.25, 0.3) is 6.01 Å². The molecule has 0 aromatic carbocycles. The third-order valence-corrected chi connectivity index (χ3v) is 3.21. The van der Waals surface area contributed by atoms with Crippen molar-refractivity contribution >= 4 is 6.01 Å². The number of anilines is 1. The van der Waals surface area contributed by atoms with Crippen LogP contribution in [0, 0.1) is 0 Å². The molecule has 0 bridgehead atoms.